The lowest BCUT2D eigenvalue weighted by atomic mass is 10.3. The second-order valence-electron chi connectivity index (χ2n) is 2.93. The van der Waals surface area contributed by atoms with Gasteiger partial charge in [-0.15, -0.1) is 0 Å². The van der Waals surface area contributed by atoms with Crippen molar-refractivity contribution in [1.29, 1.82) is 0 Å². The van der Waals surface area contributed by atoms with Crippen LogP contribution in [0.2, 0.25) is 10.0 Å². The average molecular weight is 317 g/mol. The predicted octanol–water partition coefficient (Wildman–Crippen LogP) is 2.77. The van der Waals surface area contributed by atoms with Gasteiger partial charge in [0.05, 0.1) is 14.9 Å². The fourth-order valence-electron chi connectivity index (χ4n) is 1.01. The van der Waals surface area contributed by atoms with Crippen molar-refractivity contribution in [3.63, 3.8) is 0 Å². The fourth-order valence-corrected chi connectivity index (χ4v) is 2.37. The van der Waals surface area contributed by atoms with E-state index in [-0.39, 0.29) is 27.3 Å². The third-order valence-corrected chi connectivity index (χ3v) is 3.35. The fraction of sp³-hybridized carbons (Fsp3) is 0.111. The molecule has 0 heterocycles. The van der Waals surface area contributed by atoms with Crippen molar-refractivity contribution in [1.82, 2.24) is 0 Å². The Morgan fingerprint density at radius 3 is 2.24 bits per heavy atom. The summed E-state index contributed by atoms with van der Waals surface area (Å²) in [5.74, 6) is 0.176. The van der Waals surface area contributed by atoms with Crippen LogP contribution in [0.3, 0.4) is 0 Å². The molecule has 1 aromatic rings. The van der Waals surface area contributed by atoms with Crippen LogP contribution in [0.15, 0.2) is 28.6 Å². The van der Waals surface area contributed by atoms with Crippen molar-refractivity contribution in [3.05, 3.63) is 33.8 Å². The number of ether oxygens (including phenoxy) is 1. The van der Waals surface area contributed by atoms with Gasteiger partial charge in [0, 0.05) is 5.54 Å². The van der Waals surface area contributed by atoms with E-state index in [0.29, 0.717) is 0 Å². The Hall–Kier alpha value is -0.460. The molecule has 1 rings (SSSR count). The summed E-state index contributed by atoms with van der Waals surface area (Å²) in [5.41, 5.74) is 1.28. The molecule has 0 saturated heterocycles. The first-order chi connectivity index (χ1) is 7.86. The molecule has 0 spiro atoms. The molecule has 0 unspecified atom stereocenters. The van der Waals surface area contributed by atoms with E-state index in [2.05, 4.69) is 0 Å². The molecule has 0 saturated carbocycles. The molecule has 1 aromatic carbocycles. The maximum absolute atomic E-state index is 11.1. The molecule has 0 aromatic heterocycles. The summed E-state index contributed by atoms with van der Waals surface area (Å²) in [6, 6.07) is 2.34. The minimum atomic E-state index is -3.85. The molecule has 0 aliphatic heterocycles. The van der Waals surface area contributed by atoms with Gasteiger partial charge < -0.3 is 4.74 Å². The van der Waals surface area contributed by atoms with Crippen LogP contribution in [0.1, 0.15) is 0 Å². The SMILES string of the molecule is NS(=O)(=O)c1cc(Cl)c(OC/C=C/Cl)c(Cl)c1. The molecule has 0 bridgehead atoms. The van der Waals surface area contributed by atoms with Crippen LogP contribution >= 0.6 is 34.8 Å². The smallest absolute Gasteiger partial charge is 0.238 e. The topological polar surface area (TPSA) is 69.4 Å². The van der Waals surface area contributed by atoms with Gasteiger partial charge in [-0.05, 0) is 18.2 Å². The highest BCUT2D eigenvalue weighted by atomic mass is 35.5. The molecule has 94 valence electrons. The Labute approximate surface area is 114 Å². The highest BCUT2D eigenvalue weighted by molar-refractivity contribution is 7.89. The quantitative estimate of drug-likeness (QED) is 0.928. The zero-order valence-electron chi connectivity index (χ0n) is 8.36. The Morgan fingerprint density at radius 1 is 1.29 bits per heavy atom. The number of sulfonamides is 1. The van der Waals surface area contributed by atoms with E-state index >= 15 is 0 Å². The number of nitrogens with two attached hydrogens (primary N) is 1. The molecular weight excluding hydrogens is 309 g/mol. The number of benzene rings is 1. The number of primary sulfonamides is 1. The molecule has 0 fully saturated rings. The third-order valence-electron chi connectivity index (χ3n) is 1.71. The van der Waals surface area contributed by atoms with Crippen LogP contribution in [0.25, 0.3) is 0 Å². The van der Waals surface area contributed by atoms with Crippen LogP contribution in [0.4, 0.5) is 0 Å². The summed E-state index contributed by atoms with van der Waals surface area (Å²) < 4.78 is 27.4. The van der Waals surface area contributed by atoms with Crippen molar-refractivity contribution in [2.24, 2.45) is 5.14 Å². The number of hydrogen-bond donors (Lipinski definition) is 1. The average Bonchev–Trinajstić information content (AvgIpc) is 2.20. The Bertz CT molecular complexity index is 519. The molecule has 0 atom stereocenters. The van der Waals surface area contributed by atoms with Crippen molar-refractivity contribution in [2.45, 2.75) is 4.90 Å². The molecule has 4 nitrogen and oxygen atoms in total. The maximum Gasteiger partial charge on any atom is 0.238 e. The Balaban J connectivity index is 3.11. The van der Waals surface area contributed by atoms with E-state index in [1.807, 2.05) is 0 Å². The molecule has 8 heteroatoms. The highest BCUT2D eigenvalue weighted by Crippen LogP contribution is 2.35. The van der Waals surface area contributed by atoms with E-state index in [0.717, 1.165) is 0 Å². The van der Waals surface area contributed by atoms with Crippen molar-refractivity contribution in [2.75, 3.05) is 6.61 Å². The summed E-state index contributed by atoms with van der Waals surface area (Å²) in [4.78, 5) is -0.173. The summed E-state index contributed by atoms with van der Waals surface area (Å²) in [5, 5.41) is 5.07. The van der Waals surface area contributed by atoms with Crippen molar-refractivity contribution >= 4 is 44.8 Å². The summed E-state index contributed by atoms with van der Waals surface area (Å²) in [7, 11) is -3.85. The van der Waals surface area contributed by atoms with Crippen LogP contribution in [-0.2, 0) is 10.0 Å². The lowest BCUT2D eigenvalue weighted by molar-refractivity contribution is 0.363. The Kier molecular flexibility index (Phi) is 5.09. The second kappa shape index (κ2) is 5.93. The first kappa shape index (κ1) is 14.6. The second-order valence-corrected chi connectivity index (χ2v) is 5.56. The molecule has 17 heavy (non-hydrogen) atoms. The first-order valence-electron chi connectivity index (χ1n) is 4.26. The third kappa shape index (κ3) is 4.04. The van der Waals surface area contributed by atoms with Gasteiger partial charge in [0.25, 0.3) is 0 Å². The molecule has 0 radical (unpaired) electrons. The van der Waals surface area contributed by atoms with Gasteiger partial charge in [0.2, 0.25) is 10.0 Å². The lowest BCUT2D eigenvalue weighted by Crippen LogP contribution is -2.12. The monoisotopic (exact) mass is 315 g/mol. The normalized spacial score (nSPS) is 12.0. The van der Waals surface area contributed by atoms with Crippen LogP contribution in [0.5, 0.6) is 5.75 Å². The van der Waals surface area contributed by atoms with E-state index < -0.39 is 10.0 Å². The zero-order valence-corrected chi connectivity index (χ0v) is 11.4. The van der Waals surface area contributed by atoms with E-state index in [1.165, 1.54) is 23.7 Å². The minimum absolute atomic E-state index is 0.0597. The highest BCUT2D eigenvalue weighted by Gasteiger charge is 2.15. The van der Waals surface area contributed by atoms with Crippen molar-refractivity contribution < 1.29 is 13.2 Å². The molecule has 0 amide bonds. The predicted molar refractivity (Wildman–Crippen MR) is 68.3 cm³/mol. The number of hydrogen-bond acceptors (Lipinski definition) is 3. The van der Waals surface area contributed by atoms with Gasteiger partial charge in [-0.2, -0.15) is 0 Å². The molecular formula is C9H8Cl3NO3S. The number of rotatable bonds is 4. The maximum atomic E-state index is 11.1. The number of halogens is 3. The van der Waals surface area contributed by atoms with Gasteiger partial charge >= 0.3 is 0 Å². The van der Waals surface area contributed by atoms with E-state index in [1.54, 1.807) is 0 Å². The van der Waals surface area contributed by atoms with Gasteiger partial charge in [-0.25, -0.2) is 13.6 Å². The lowest BCUT2D eigenvalue weighted by Gasteiger charge is -2.09. The van der Waals surface area contributed by atoms with Crippen LogP contribution in [0, 0.1) is 0 Å². The van der Waals surface area contributed by atoms with Gasteiger partial charge in [-0.3, -0.25) is 0 Å². The zero-order chi connectivity index (χ0) is 13.1. The largest absolute Gasteiger partial charge is 0.486 e. The first-order valence-corrected chi connectivity index (χ1v) is 7.00. The molecule has 2 N–H and O–H groups in total. The van der Waals surface area contributed by atoms with Gasteiger partial charge in [0.1, 0.15) is 6.61 Å². The van der Waals surface area contributed by atoms with Crippen molar-refractivity contribution in [3.8, 4) is 5.75 Å². The Morgan fingerprint density at radius 2 is 1.82 bits per heavy atom. The molecule has 0 aliphatic carbocycles. The van der Waals surface area contributed by atoms with Crippen LogP contribution < -0.4 is 9.88 Å². The standard InChI is InChI=1S/C9H8Cl3NO3S/c10-2-1-3-16-9-7(11)4-6(5-8(9)12)17(13,14)15/h1-2,4-5H,3H2,(H2,13,14,15)/b2-1+. The van der Waals surface area contributed by atoms with E-state index in [4.69, 9.17) is 44.7 Å². The summed E-state index contributed by atoms with van der Waals surface area (Å²) in [6.07, 6.45) is 1.53. The summed E-state index contributed by atoms with van der Waals surface area (Å²) >= 11 is 17.0. The van der Waals surface area contributed by atoms with Crippen LogP contribution in [-0.4, -0.2) is 15.0 Å². The molecule has 0 aliphatic rings. The van der Waals surface area contributed by atoms with Gasteiger partial charge in [-0.1, -0.05) is 34.8 Å². The van der Waals surface area contributed by atoms with E-state index in [9.17, 15) is 8.42 Å². The summed E-state index contributed by atoms with van der Waals surface area (Å²) in [6.45, 7) is 0.164. The van der Waals surface area contributed by atoms with Gasteiger partial charge in [0.15, 0.2) is 5.75 Å². The minimum Gasteiger partial charge on any atom is -0.486 e.